The Hall–Kier alpha value is -1.45. The van der Waals surface area contributed by atoms with Crippen LogP contribution in [0.1, 0.15) is 0 Å². The summed E-state index contributed by atoms with van der Waals surface area (Å²) in [6.45, 7) is 0. The summed E-state index contributed by atoms with van der Waals surface area (Å²) in [6.07, 6.45) is 1.42. The van der Waals surface area contributed by atoms with Crippen LogP contribution in [-0.4, -0.2) is 14.1 Å². The van der Waals surface area contributed by atoms with Gasteiger partial charge in [0.25, 0.3) is 0 Å². The van der Waals surface area contributed by atoms with Crippen molar-refractivity contribution in [3.05, 3.63) is 23.5 Å². The van der Waals surface area contributed by atoms with E-state index in [0.29, 0.717) is 11.5 Å². The van der Waals surface area contributed by atoms with Crippen molar-refractivity contribution in [2.75, 3.05) is 24.7 Å². The van der Waals surface area contributed by atoms with Crippen LogP contribution in [0.3, 0.4) is 0 Å². The van der Waals surface area contributed by atoms with Gasteiger partial charge in [0.15, 0.2) is 0 Å². The molecule has 4 nitrogen and oxygen atoms in total. The van der Waals surface area contributed by atoms with E-state index in [1.54, 1.807) is 31.1 Å². The van der Waals surface area contributed by atoms with Crippen molar-refractivity contribution in [3.63, 3.8) is 0 Å². The van der Waals surface area contributed by atoms with Crippen molar-refractivity contribution in [2.45, 2.75) is 0 Å². The summed E-state index contributed by atoms with van der Waals surface area (Å²) in [5, 5.41) is 11.1. The molecular formula is C7H11N3O. The Bertz CT molecular complexity index is 240. The summed E-state index contributed by atoms with van der Waals surface area (Å²) >= 11 is 0. The van der Waals surface area contributed by atoms with E-state index in [1.165, 1.54) is 6.20 Å². The molecule has 0 radical (unpaired) electrons. The Labute approximate surface area is 65.4 Å². The Morgan fingerprint density at radius 2 is 2.18 bits per heavy atom. The standard InChI is InChI=1S/C7H11N3O/c1-9(2)7-6(8)4-3-5-10(7)11/h3-5H,8H2,1-2H3. The molecule has 0 aliphatic heterocycles. The third-order valence-corrected chi connectivity index (χ3v) is 1.39. The molecule has 0 aliphatic rings. The summed E-state index contributed by atoms with van der Waals surface area (Å²) < 4.78 is 0.745. The van der Waals surface area contributed by atoms with Crippen LogP contribution in [0.4, 0.5) is 11.5 Å². The highest BCUT2D eigenvalue weighted by atomic mass is 16.5. The maximum Gasteiger partial charge on any atom is 0.302 e. The van der Waals surface area contributed by atoms with Gasteiger partial charge in [-0.05, 0) is 12.1 Å². The molecule has 0 saturated heterocycles. The van der Waals surface area contributed by atoms with Crippen molar-refractivity contribution in [2.24, 2.45) is 0 Å². The van der Waals surface area contributed by atoms with Gasteiger partial charge in [0.05, 0.1) is 20.3 Å². The van der Waals surface area contributed by atoms with Gasteiger partial charge in [0.2, 0.25) is 0 Å². The number of nitrogen functional groups attached to an aromatic ring is 1. The van der Waals surface area contributed by atoms with E-state index in [9.17, 15) is 5.21 Å². The fourth-order valence-corrected chi connectivity index (χ4v) is 0.953. The first-order valence-corrected chi connectivity index (χ1v) is 3.28. The van der Waals surface area contributed by atoms with Crippen molar-refractivity contribution in [3.8, 4) is 0 Å². The minimum atomic E-state index is 0.479. The van der Waals surface area contributed by atoms with Crippen molar-refractivity contribution in [1.82, 2.24) is 0 Å². The van der Waals surface area contributed by atoms with E-state index in [4.69, 9.17) is 5.73 Å². The lowest BCUT2D eigenvalue weighted by molar-refractivity contribution is -0.591. The van der Waals surface area contributed by atoms with E-state index in [0.717, 1.165) is 4.73 Å². The number of pyridine rings is 1. The molecule has 0 amide bonds. The lowest BCUT2D eigenvalue weighted by Crippen LogP contribution is -2.34. The lowest BCUT2D eigenvalue weighted by atomic mass is 10.4. The molecule has 0 fully saturated rings. The highest BCUT2D eigenvalue weighted by Crippen LogP contribution is 2.13. The summed E-state index contributed by atoms with van der Waals surface area (Å²) in [5.74, 6) is 0.479. The van der Waals surface area contributed by atoms with Gasteiger partial charge in [-0.25, -0.2) is 4.73 Å². The predicted molar refractivity (Wildman–Crippen MR) is 44.1 cm³/mol. The van der Waals surface area contributed by atoms with Crippen LogP contribution in [0, 0.1) is 5.21 Å². The Kier molecular flexibility index (Phi) is 1.85. The van der Waals surface area contributed by atoms with Gasteiger partial charge in [-0.15, -0.1) is 0 Å². The number of nitrogens with zero attached hydrogens (tertiary/aromatic N) is 2. The third kappa shape index (κ3) is 1.34. The molecule has 1 rings (SSSR count). The molecule has 0 atom stereocenters. The second kappa shape index (κ2) is 2.65. The van der Waals surface area contributed by atoms with Crippen molar-refractivity contribution in [1.29, 1.82) is 0 Å². The molecule has 0 spiro atoms. The molecule has 0 saturated carbocycles. The first kappa shape index (κ1) is 7.65. The largest absolute Gasteiger partial charge is 0.711 e. The maximum atomic E-state index is 11.1. The quantitative estimate of drug-likeness (QED) is 0.455. The third-order valence-electron chi connectivity index (χ3n) is 1.39. The molecule has 1 aromatic rings. The topological polar surface area (TPSA) is 56.2 Å². The van der Waals surface area contributed by atoms with Gasteiger partial charge in [-0.2, -0.15) is 0 Å². The zero-order valence-electron chi connectivity index (χ0n) is 6.61. The second-order valence-electron chi connectivity index (χ2n) is 2.51. The molecule has 1 heterocycles. The monoisotopic (exact) mass is 153 g/mol. The fraction of sp³-hybridized carbons (Fsp3) is 0.286. The smallest absolute Gasteiger partial charge is 0.302 e. The van der Waals surface area contributed by atoms with Crippen LogP contribution in [0.15, 0.2) is 18.3 Å². The second-order valence-corrected chi connectivity index (χ2v) is 2.51. The van der Waals surface area contributed by atoms with E-state index in [2.05, 4.69) is 0 Å². The highest BCUT2D eigenvalue weighted by molar-refractivity contribution is 5.57. The molecule has 11 heavy (non-hydrogen) atoms. The summed E-state index contributed by atoms with van der Waals surface area (Å²) in [7, 11) is 3.56. The van der Waals surface area contributed by atoms with E-state index < -0.39 is 0 Å². The average molecular weight is 153 g/mol. The van der Waals surface area contributed by atoms with Crippen molar-refractivity contribution < 1.29 is 4.73 Å². The molecule has 4 heteroatoms. The van der Waals surface area contributed by atoms with Gasteiger partial charge in [-0.3, -0.25) is 4.90 Å². The average Bonchev–Trinajstić information content (AvgIpc) is 1.85. The van der Waals surface area contributed by atoms with Crippen LogP contribution in [-0.2, 0) is 0 Å². The molecule has 0 aliphatic carbocycles. The minimum absolute atomic E-state index is 0.479. The van der Waals surface area contributed by atoms with E-state index >= 15 is 0 Å². The first-order valence-electron chi connectivity index (χ1n) is 3.28. The maximum absolute atomic E-state index is 11.1. The predicted octanol–water partition coefficient (Wildman–Crippen LogP) is -0.0318. The lowest BCUT2D eigenvalue weighted by Gasteiger charge is -2.13. The fourth-order valence-electron chi connectivity index (χ4n) is 0.953. The molecular weight excluding hydrogens is 142 g/mol. The zero-order valence-corrected chi connectivity index (χ0v) is 6.61. The van der Waals surface area contributed by atoms with Crippen LogP contribution in [0.2, 0.25) is 0 Å². The van der Waals surface area contributed by atoms with Gasteiger partial charge >= 0.3 is 5.82 Å². The van der Waals surface area contributed by atoms with Crippen LogP contribution in [0.25, 0.3) is 0 Å². The Morgan fingerprint density at radius 3 is 2.55 bits per heavy atom. The number of anilines is 2. The molecule has 0 aromatic carbocycles. The molecule has 2 N–H and O–H groups in total. The number of hydrogen-bond acceptors (Lipinski definition) is 3. The Morgan fingerprint density at radius 1 is 1.55 bits per heavy atom. The van der Waals surface area contributed by atoms with Crippen molar-refractivity contribution >= 4 is 11.5 Å². The number of rotatable bonds is 1. The molecule has 0 unspecified atom stereocenters. The summed E-state index contributed by atoms with van der Waals surface area (Å²) in [5.41, 5.74) is 6.05. The van der Waals surface area contributed by atoms with Gasteiger partial charge in [-0.1, -0.05) is 0 Å². The number of nitrogens with two attached hydrogens (primary N) is 1. The van der Waals surface area contributed by atoms with Crippen LogP contribution < -0.4 is 15.4 Å². The molecule has 1 aromatic heterocycles. The van der Waals surface area contributed by atoms with Gasteiger partial charge < -0.3 is 10.9 Å². The minimum Gasteiger partial charge on any atom is -0.711 e. The van der Waals surface area contributed by atoms with E-state index in [1.807, 2.05) is 0 Å². The first-order chi connectivity index (χ1) is 5.13. The zero-order chi connectivity index (χ0) is 8.43. The Balaban J connectivity index is 3.21. The van der Waals surface area contributed by atoms with Crippen LogP contribution >= 0.6 is 0 Å². The van der Waals surface area contributed by atoms with E-state index in [-0.39, 0.29) is 0 Å². The summed E-state index contributed by atoms with van der Waals surface area (Å²) in [4.78, 5) is 1.68. The number of hydrogen-bond donors (Lipinski definition) is 1. The van der Waals surface area contributed by atoms with Crippen LogP contribution in [0.5, 0.6) is 0 Å². The molecule has 60 valence electrons. The molecule has 0 bridgehead atoms. The number of aromatic nitrogens is 1. The van der Waals surface area contributed by atoms with Gasteiger partial charge in [0, 0.05) is 0 Å². The summed E-state index contributed by atoms with van der Waals surface area (Å²) in [6, 6.07) is 3.32. The van der Waals surface area contributed by atoms with Gasteiger partial charge in [0.1, 0.15) is 5.69 Å². The SMILES string of the molecule is CN(C)c1c(N)ccc[n+]1[O-]. The highest BCUT2D eigenvalue weighted by Gasteiger charge is 2.09. The normalized spacial score (nSPS) is 9.64.